The third-order valence-electron chi connectivity index (χ3n) is 3.17. The molecule has 2 N–H and O–H groups in total. The average molecular weight is 312 g/mol. The van der Waals surface area contributed by atoms with Crippen LogP contribution in [0.15, 0.2) is 28.7 Å². The summed E-state index contributed by atoms with van der Waals surface area (Å²) in [5.74, 6) is -1.93. The van der Waals surface area contributed by atoms with Gasteiger partial charge in [0.2, 0.25) is 5.91 Å². The standard InChI is InChI=1S/C13H14BrNO3/c1-7(8-4-2-3-5-11(8)14)15-12(16)9-6-10(9)13(17)18/h2-5,7,9-10H,6H2,1H3,(H,15,16)(H,17,18)/t7-,9-,10-/m0/s1. The Morgan fingerprint density at radius 3 is 2.61 bits per heavy atom. The van der Waals surface area contributed by atoms with Gasteiger partial charge in [0.1, 0.15) is 0 Å². The van der Waals surface area contributed by atoms with E-state index >= 15 is 0 Å². The van der Waals surface area contributed by atoms with Crippen LogP contribution in [0.4, 0.5) is 0 Å². The average Bonchev–Trinajstić information content (AvgIpc) is 3.09. The minimum absolute atomic E-state index is 0.136. The lowest BCUT2D eigenvalue weighted by molar-refractivity contribution is -0.140. The monoisotopic (exact) mass is 311 g/mol. The van der Waals surface area contributed by atoms with E-state index in [0.29, 0.717) is 6.42 Å². The van der Waals surface area contributed by atoms with Gasteiger partial charge in [-0.05, 0) is 25.0 Å². The van der Waals surface area contributed by atoms with Gasteiger partial charge < -0.3 is 10.4 Å². The third kappa shape index (κ3) is 2.72. The van der Waals surface area contributed by atoms with Crippen molar-refractivity contribution in [2.75, 3.05) is 0 Å². The van der Waals surface area contributed by atoms with Crippen LogP contribution in [0.1, 0.15) is 24.9 Å². The Morgan fingerprint density at radius 1 is 1.39 bits per heavy atom. The molecule has 4 nitrogen and oxygen atoms in total. The van der Waals surface area contributed by atoms with E-state index in [9.17, 15) is 9.59 Å². The summed E-state index contributed by atoms with van der Waals surface area (Å²) in [5, 5.41) is 11.6. The number of carbonyl (C=O) groups excluding carboxylic acids is 1. The largest absolute Gasteiger partial charge is 0.481 e. The molecule has 2 rings (SSSR count). The van der Waals surface area contributed by atoms with Crippen LogP contribution in [0.3, 0.4) is 0 Å². The summed E-state index contributed by atoms with van der Waals surface area (Å²) >= 11 is 3.43. The molecule has 0 spiro atoms. The summed E-state index contributed by atoms with van der Waals surface area (Å²) in [6.07, 6.45) is 0.448. The number of aliphatic carboxylic acids is 1. The summed E-state index contributed by atoms with van der Waals surface area (Å²) in [4.78, 5) is 22.5. The summed E-state index contributed by atoms with van der Waals surface area (Å²) in [7, 11) is 0. The molecule has 1 aromatic carbocycles. The smallest absolute Gasteiger partial charge is 0.307 e. The van der Waals surface area contributed by atoms with Crippen molar-refractivity contribution >= 4 is 27.8 Å². The number of hydrogen-bond acceptors (Lipinski definition) is 2. The van der Waals surface area contributed by atoms with Gasteiger partial charge in [0, 0.05) is 4.47 Å². The first-order valence-corrected chi connectivity index (χ1v) is 6.57. The summed E-state index contributed by atoms with van der Waals surface area (Å²) in [6.45, 7) is 1.89. The predicted octanol–water partition coefficient (Wildman–Crippen LogP) is 2.35. The Morgan fingerprint density at radius 2 is 2.06 bits per heavy atom. The number of amides is 1. The van der Waals surface area contributed by atoms with E-state index in [4.69, 9.17) is 5.11 Å². The fraction of sp³-hybridized carbons (Fsp3) is 0.385. The molecule has 0 aromatic heterocycles. The van der Waals surface area contributed by atoms with Gasteiger partial charge in [0.15, 0.2) is 0 Å². The van der Waals surface area contributed by atoms with Crippen LogP contribution in [0.5, 0.6) is 0 Å². The molecule has 1 saturated carbocycles. The molecule has 0 aliphatic heterocycles. The fourth-order valence-electron chi connectivity index (χ4n) is 1.98. The molecule has 1 fully saturated rings. The number of halogens is 1. The predicted molar refractivity (Wildman–Crippen MR) is 69.9 cm³/mol. The highest BCUT2D eigenvalue weighted by Gasteiger charge is 2.48. The van der Waals surface area contributed by atoms with Crippen LogP contribution >= 0.6 is 15.9 Å². The van der Waals surface area contributed by atoms with E-state index in [1.165, 1.54) is 0 Å². The number of nitrogens with one attached hydrogen (secondary N) is 1. The van der Waals surface area contributed by atoms with Gasteiger partial charge in [-0.3, -0.25) is 9.59 Å². The maximum atomic E-state index is 11.8. The number of hydrogen-bond donors (Lipinski definition) is 2. The molecule has 96 valence electrons. The first-order valence-electron chi connectivity index (χ1n) is 5.78. The lowest BCUT2D eigenvalue weighted by atomic mass is 10.1. The van der Waals surface area contributed by atoms with Gasteiger partial charge in [-0.2, -0.15) is 0 Å². The van der Waals surface area contributed by atoms with Crippen LogP contribution in [0, 0.1) is 11.8 Å². The molecule has 1 amide bonds. The van der Waals surface area contributed by atoms with Crippen molar-refractivity contribution in [2.45, 2.75) is 19.4 Å². The molecule has 0 unspecified atom stereocenters. The van der Waals surface area contributed by atoms with Crippen molar-refractivity contribution in [2.24, 2.45) is 11.8 Å². The SMILES string of the molecule is C[C@H](NC(=O)[C@H]1C[C@@H]1C(=O)O)c1ccccc1Br. The summed E-state index contributed by atoms with van der Waals surface area (Å²) < 4.78 is 0.934. The minimum Gasteiger partial charge on any atom is -0.481 e. The van der Waals surface area contributed by atoms with Crippen molar-refractivity contribution in [1.29, 1.82) is 0 Å². The van der Waals surface area contributed by atoms with Crippen LogP contribution in [-0.4, -0.2) is 17.0 Å². The number of benzene rings is 1. The van der Waals surface area contributed by atoms with E-state index < -0.39 is 11.9 Å². The van der Waals surface area contributed by atoms with Crippen LogP contribution < -0.4 is 5.32 Å². The Kier molecular flexibility index (Phi) is 3.71. The van der Waals surface area contributed by atoms with Gasteiger partial charge in [0.25, 0.3) is 0 Å². The molecule has 0 bridgehead atoms. The number of carboxylic acid groups (broad SMARTS) is 1. The second-order valence-corrected chi connectivity index (χ2v) is 5.39. The Bertz CT molecular complexity index is 489. The highest BCUT2D eigenvalue weighted by Crippen LogP contribution is 2.39. The first kappa shape index (κ1) is 13.1. The lowest BCUT2D eigenvalue weighted by Crippen LogP contribution is -2.29. The second-order valence-electron chi connectivity index (χ2n) is 4.54. The van der Waals surface area contributed by atoms with Crippen molar-refractivity contribution in [3.63, 3.8) is 0 Å². The molecular formula is C13H14BrNO3. The topological polar surface area (TPSA) is 66.4 Å². The van der Waals surface area contributed by atoms with Crippen LogP contribution in [0.25, 0.3) is 0 Å². The number of carboxylic acids is 1. The zero-order valence-electron chi connectivity index (χ0n) is 9.89. The molecule has 5 heteroatoms. The molecule has 3 atom stereocenters. The van der Waals surface area contributed by atoms with E-state index in [-0.39, 0.29) is 17.9 Å². The molecule has 0 radical (unpaired) electrons. The summed E-state index contributed by atoms with van der Waals surface area (Å²) in [6, 6.07) is 7.51. The minimum atomic E-state index is -0.885. The number of rotatable bonds is 4. The third-order valence-corrected chi connectivity index (χ3v) is 3.90. The Hall–Kier alpha value is -1.36. The highest BCUT2D eigenvalue weighted by molar-refractivity contribution is 9.10. The first-order chi connectivity index (χ1) is 8.50. The van der Waals surface area contributed by atoms with Crippen molar-refractivity contribution in [3.8, 4) is 0 Å². The second kappa shape index (κ2) is 5.10. The number of carbonyl (C=O) groups is 2. The van der Waals surface area contributed by atoms with Crippen molar-refractivity contribution < 1.29 is 14.7 Å². The molecule has 1 aromatic rings. The molecule has 18 heavy (non-hydrogen) atoms. The van der Waals surface area contributed by atoms with E-state index in [1.807, 2.05) is 31.2 Å². The van der Waals surface area contributed by atoms with Crippen LogP contribution in [-0.2, 0) is 9.59 Å². The quantitative estimate of drug-likeness (QED) is 0.897. The van der Waals surface area contributed by atoms with E-state index in [2.05, 4.69) is 21.2 Å². The van der Waals surface area contributed by atoms with Gasteiger partial charge >= 0.3 is 5.97 Å². The Balaban J connectivity index is 1.97. The zero-order chi connectivity index (χ0) is 13.3. The van der Waals surface area contributed by atoms with Gasteiger partial charge in [-0.1, -0.05) is 34.1 Å². The normalized spacial score (nSPS) is 23.2. The highest BCUT2D eigenvalue weighted by atomic mass is 79.9. The molecule has 1 aliphatic rings. The molecular weight excluding hydrogens is 298 g/mol. The summed E-state index contributed by atoms with van der Waals surface area (Å²) in [5.41, 5.74) is 0.985. The Labute approximate surface area is 114 Å². The van der Waals surface area contributed by atoms with E-state index in [0.717, 1.165) is 10.0 Å². The van der Waals surface area contributed by atoms with Crippen molar-refractivity contribution in [1.82, 2.24) is 5.32 Å². The van der Waals surface area contributed by atoms with Crippen molar-refractivity contribution in [3.05, 3.63) is 34.3 Å². The van der Waals surface area contributed by atoms with E-state index in [1.54, 1.807) is 0 Å². The molecule has 0 saturated heterocycles. The fourth-order valence-corrected chi connectivity index (χ4v) is 2.61. The lowest BCUT2D eigenvalue weighted by Gasteiger charge is -2.15. The van der Waals surface area contributed by atoms with Gasteiger partial charge in [-0.25, -0.2) is 0 Å². The van der Waals surface area contributed by atoms with Gasteiger partial charge in [0.05, 0.1) is 17.9 Å². The van der Waals surface area contributed by atoms with Gasteiger partial charge in [-0.15, -0.1) is 0 Å². The zero-order valence-corrected chi connectivity index (χ0v) is 11.5. The van der Waals surface area contributed by atoms with Crippen LogP contribution in [0.2, 0.25) is 0 Å². The maximum absolute atomic E-state index is 11.8. The molecule has 0 heterocycles. The maximum Gasteiger partial charge on any atom is 0.307 e. The molecule has 1 aliphatic carbocycles.